The average Bonchev–Trinajstić information content (AvgIpc) is 3.45. The van der Waals surface area contributed by atoms with Gasteiger partial charge in [-0.05, 0) is 63.4 Å². The van der Waals surface area contributed by atoms with E-state index in [1.165, 1.54) is 33.0 Å². The summed E-state index contributed by atoms with van der Waals surface area (Å²) < 4.78 is 6.46. The van der Waals surface area contributed by atoms with Gasteiger partial charge in [-0.25, -0.2) is 0 Å². The van der Waals surface area contributed by atoms with Crippen LogP contribution < -0.4 is 4.90 Å². The molecule has 0 N–H and O–H groups in total. The first kappa shape index (κ1) is 24.2. The van der Waals surface area contributed by atoms with Crippen molar-refractivity contribution in [3.8, 4) is 22.3 Å². The second-order valence-corrected chi connectivity index (χ2v) is 10.5. The lowest BCUT2D eigenvalue weighted by molar-refractivity contribution is 0.668. The third-order valence-corrected chi connectivity index (χ3v) is 7.97. The molecule has 0 bridgehead atoms. The summed E-state index contributed by atoms with van der Waals surface area (Å²) in [4.78, 5) is 6.91. The molecule has 0 unspecified atom stereocenters. The van der Waals surface area contributed by atoms with Gasteiger partial charge in [-0.15, -0.1) is 0 Å². The molecule has 3 nitrogen and oxygen atoms in total. The zero-order valence-corrected chi connectivity index (χ0v) is 22.8. The van der Waals surface area contributed by atoms with E-state index in [1.807, 2.05) is 36.7 Å². The van der Waals surface area contributed by atoms with Crippen molar-refractivity contribution in [1.29, 1.82) is 0 Å². The molecule has 2 aromatic heterocycles. The summed E-state index contributed by atoms with van der Waals surface area (Å²) in [6, 6.07) is 51.1. The number of rotatable bonds is 5. The molecule has 6 aromatic carbocycles. The van der Waals surface area contributed by atoms with Gasteiger partial charge in [0.15, 0.2) is 5.58 Å². The number of nitrogens with zero attached hydrogens (tertiary/aromatic N) is 2. The Morgan fingerprint density at radius 1 is 0.452 bits per heavy atom. The molecular weight excluding hydrogens is 512 g/mol. The Morgan fingerprint density at radius 3 is 1.86 bits per heavy atom. The van der Waals surface area contributed by atoms with Crippen LogP contribution >= 0.6 is 0 Å². The quantitative estimate of drug-likeness (QED) is 0.218. The highest BCUT2D eigenvalue weighted by atomic mass is 16.3. The van der Waals surface area contributed by atoms with Crippen LogP contribution in [0.2, 0.25) is 0 Å². The Bertz CT molecular complexity index is 2170. The molecule has 3 heteroatoms. The maximum atomic E-state index is 6.46. The first-order valence-corrected chi connectivity index (χ1v) is 14.1. The fourth-order valence-corrected chi connectivity index (χ4v) is 5.91. The highest BCUT2D eigenvalue weighted by Gasteiger charge is 2.20. The largest absolute Gasteiger partial charge is 0.454 e. The standard InChI is InChI=1S/C39H26N2O/c1-2-9-27(10-3-1)28-17-21-31(22-18-28)41(37-26-40-25-36-35-14-6-7-16-38(35)42-39(36)37)32-23-19-30(20-24-32)34-15-8-12-29-11-4-5-13-33(29)34/h1-26H. The van der Waals surface area contributed by atoms with Crippen LogP contribution in [0, 0.1) is 0 Å². The molecular formula is C39H26N2O. The third kappa shape index (κ3) is 4.11. The molecule has 0 aliphatic heterocycles. The van der Waals surface area contributed by atoms with E-state index in [0.29, 0.717) is 0 Å². The zero-order chi connectivity index (χ0) is 27.9. The number of anilines is 3. The van der Waals surface area contributed by atoms with Crippen LogP contribution in [-0.2, 0) is 0 Å². The summed E-state index contributed by atoms with van der Waals surface area (Å²) in [7, 11) is 0. The van der Waals surface area contributed by atoms with E-state index >= 15 is 0 Å². The molecule has 8 rings (SSSR count). The summed E-state index contributed by atoms with van der Waals surface area (Å²) in [5, 5.41) is 4.55. The van der Waals surface area contributed by atoms with Crippen molar-refractivity contribution in [2.75, 3.05) is 4.90 Å². The lowest BCUT2D eigenvalue weighted by Gasteiger charge is -2.25. The molecule has 0 aliphatic rings. The van der Waals surface area contributed by atoms with Crippen molar-refractivity contribution in [2.24, 2.45) is 0 Å². The predicted molar refractivity (Wildman–Crippen MR) is 175 cm³/mol. The van der Waals surface area contributed by atoms with Gasteiger partial charge in [-0.1, -0.05) is 115 Å². The van der Waals surface area contributed by atoms with Crippen molar-refractivity contribution in [2.45, 2.75) is 0 Å². The van der Waals surface area contributed by atoms with Crippen LogP contribution in [0.4, 0.5) is 17.1 Å². The minimum Gasteiger partial charge on any atom is -0.454 e. The molecule has 0 atom stereocenters. The maximum Gasteiger partial charge on any atom is 0.162 e. The van der Waals surface area contributed by atoms with E-state index in [1.54, 1.807) is 0 Å². The minimum atomic E-state index is 0.816. The summed E-state index contributed by atoms with van der Waals surface area (Å²) >= 11 is 0. The number of hydrogen-bond acceptors (Lipinski definition) is 3. The van der Waals surface area contributed by atoms with Crippen molar-refractivity contribution in [3.63, 3.8) is 0 Å². The van der Waals surface area contributed by atoms with Crippen molar-refractivity contribution in [1.82, 2.24) is 4.98 Å². The zero-order valence-electron chi connectivity index (χ0n) is 22.8. The molecule has 2 heterocycles. The fourth-order valence-electron chi connectivity index (χ4n) is 5.91. The normalized spacial score (nSPS) is 11.3. The highest BCUT2D eigenvalue weighted by Crippen LogP contribution is 2.42. The van der Waals surface area contributed by atoms with Gasteiger partial charge >= 0.3 is 0 Å². The van der Waals surface area contributed by atoms with Crippen molar-refractivity contribution in [3.05, 3.63) is 158 Å². The van der Waals surface area contributed by atoms with Crippen LogP contribution in [0.5, 0.6) is 0 Å². The Balaban J connectivity index is 1.28. The van der Waals surface area contributed by atoms with Gasteiger partial charge in [0.2, 0.25) is 0 Å². The summed E-state index contributed by atoms with van der Waals surface area (Å²) in [5.41, 5.74) is 9.39. The Hall–Kier alpha value is -5.67. The maximum absolute atomic E-state index is 6.46. The first-order valence-electron chi connectivity index (χ1n) is 14.1. The molecule has 0 amide bonds. The number of pyridine rings is 1. The van der Waals surface area contributed by atoms with Gasteiger partial charge in [-0.3, -0.25) is 4.98 Å². The topological polar surface area (TPSA) is 29.3 Å². The Kier molecular flexibility index (Phi) is 5.79. The molecule has 0 saturated carbocycles. The SMILES string of the molecule is c1ccc(-c2ccc(N(c3ccc(-c4cccc5ccccc45)cc3)c3cncc4c3oc3ccccc34)cc2)cc1. The lowest BCUT2D eigenvalue weighted by Crippen LogP contribution is -2.10. The van der Waals surface area contributed by atoms with Gasteiger partial charge in [0, 0.05) is 28.3 Å². The monoisotopic (exact) mass is 538 g/mol. The summed E-state index contributed by atoms with van der Waals surface area (Å²) in [6.07, 6.45) is 3.79. The average molecular weight is 539 g/mol. The predicted octanol–water partition coefficient (Wildman–Crippen LogP) is 10.9. The van der Waals surface area contributed by atoms with Gasteiger partial charge in [0.05, 0.1) is 6.20 Å². The minimum absolute atomic E-state index is 0.816. The molecule has 0 aliphatic carbocycles. The van der Waals surface area contributed by atoms with E-state index in [-0.39, 0.29) is 0 Å². The second kappa shape index (κ2) is 10.1. The molecule has 0 radical (unpaired) electrons. The molecule has 8 aromatic rings. The van der Waals surface area contributed by atoms with Crippen molar-refractivity contribution < 1.29 is 4.42 Å². The lowest BCUT2D eigenvalue weighted by atomic mass is 9.98. The Labute approximate surface area is 243 Å². The van der Waals surface area contributed by atoms with E-state index in [9.17, 15) is 0 Å². The van der Waals surface area contributed by atoms with Crippen LogP contribution in [-0.4, -0.2) is 4.98 Å². The summed E-state index contributed by atoms with van der Waals surface area (Å²) in [6.45, 7) is 0. The van der Waals surface area contributed by atoms with Crippen LogP contribution in [0.25, 0.3) is 55.0 Å². The smallest absolute Gasteiger partial charge is 0.162 e. The number of benzene rings is 6. The number of para-hydroxylation sites is 1. The van der Waals surface area contributed by atoms with Gasteiger partial charge < -0.3 is 9.32 Å². The van der Waals surface area contributed by atoms with E-state index < -0.39 is 0 Å². The van der Waals surface area contributed by atoms with Gasteiger partial charge in [-0.2, -0.15) is 0 Å². The van der Waals surface area contributed by atoms with Crippen molar-refractivity contribution >= 4 is 49.8 Å². The molecule has 0 fully saturated rings. The fraction of sp³-hybridized carbons (Fsp3) is 0. The number of aromatic nitrogens is 1. The molecule has 0 saturated heterocycles. The first-order chi connectivity index (χ1) is 20.8. The number of furan rings is 1. The van der Waals surface area contributed by atoms with E-state index in [4.69, 9.17) is 4.42 Å². The number of fused-ring (bicyclic) bond motifs is 4. The third-order valence-electron chi connectivity index (χ3n) is 7.97. The van der Waals surface area contributed by atoms with E-state index in [0.717, 1.165) is 39.0 Å². The number of hydrogen-bond donors (Lipinski definition) is 0. The summed E-state index contributed by atoms with van der Waals surface area (Å²) in [5.74, 6) is 0. The Morgan fingerprint density at radius 2 is 1.07 bits per heavy atom. The van der Waals surface area contributed by atoms with Gasteiger partial charge in [0.25, 0.3) is 0 Å². The van der Waals surface area contributed by atoms with Crippen LogP contribution in [0.1, 0.15) is 0 Å². The molecule has 0 spiro atoms. The van der Waals surface area contributed by atoms with Crippen LogP contribution in [0.3, 0.4) is 0 Å². The molecule has 42 heavy (non-hydrogen) atoms. The highest BCUT2D eigenvalue weighted by molar-refractivity contribution is 6.09. The van der Waals surface area contributed by atoms with Gasteiger partial charge in [0.1, 0.15) is 11.3 Å². The second-order valence-electron chi connectivity index (χ2n) is 10.5. The van der Waals surface area contributed by atoms with E-state index in [2.05, 4.69) is 131 Å². The molecule has 198 valence electrons. The van der Waals surface area contributed by atoms with Crippen LogP contribution in [0.15, 0.2) is 162 Å².